The number of nitro groups is 1. The summed E-state index contributed by atoms with van der Waals surface area (Å²) in [7, 11) is 0. The van der Waals surface area contributed by atoms with E-state index in [4.69, 9.17) is 9.97 Å². The van der Waals surface area contributed by atoms with E-state index in [0.29, 0.717) is 0 Å². The highest BCUT2D eigenvalue weighted by molar-refractivity contribution is 6.02. The summed E-state index contributed by atoms with van der Waals surface area (Å²) in [6, 6.07) is 25.6. The quantitative estimate of drug-likeness (QED) is 0.235. The second-order valence-corrected chi connectivity index (χ2v) is 9.26. The van der Waals surface area contributed by atoms with E-state index in [1.807, 2.05) is 18.2 Å². The minimum absolute atomic E-state index is 0.109. The zero-order chi connectivity index (χ0) is 25.4. The Labute approximate surface area is 214 Å². The Kier molecular flexibility index (Phi) is 5.76. The normalized spacial score (nSPS) is 13.8. The molecular formula is C29H26N6O2. The number of hydrogen-bond acceptors (Lipinski definition) is 6. The molecule has 0 unspecified atom stereocenters. The van der Waals surface area contributed by atoms with Gasteiger partial charge < -0.3 is 14.4 Å². The van der Waals surface area contributed by atoms with Crippen molar-refractivity contribution in [3.05, 3.63) is 107 Å². The van der Waals surface area contributed by atoms with Crippen LogP contribution in [0.15, 0.2) is 91.4 Å². The number of anilines is 2. The van der Waals surface area contributed by atoms with Crippen molar-refractivity contribution in [1.82, 2.24) is 14.5 Å². The Bertz CT molecular complexity index is 1570. The first kappa shape index (κ1) is 22.7. The number of nitro benzene ring substituents is 1. The minimum atomic E-state index is -0.366. The fraction of sp³-hybridized carbons (Fsp3) is 0.172. The maximum atomic E-state index is 11.0. The molecule has 5 aromatic rings. The molecule has 3 heterocycles. The topological polar surface area (TPSA) is 80.3 Å². The van der Waals surface area contributed by atoms with Crippen molar-refractivity contribution in [3.63, 3.8) is 0 Å². The summed E-state index contributed by atoms with van der Waals surface area (Å²) in [6.45, 7) is 5.25. The van der Waals surface area contributed by atoms with Crippen LogP contribution in [-0.4, -0.2) is 45.6 Å². The van der Waals surface area contributed by atoms with Crippen molar-refractivity contribution >= 4 is 28.2 Å². The number of piperazine rings is 1. The number of rotatable bonds is 5. The van der Waals surface area contributed by atoms with Gasteiger partial charge in [-0.1, -0.05) is 42.5 Å². The lowest BCUT2D eigenvalue weighted by Gasteiger charge is -2.37. The summed E-state index contributed by atoms with van der Waals surface area (Å²) in [5.74, 6) is 0.929. The summed E-state index contributed by atoms with van der Waals surface area (Å²) in [4.78, 5) is 24.7. The van der Waals surface area contributed by atoms with Crippen molar-refractivity contribution in [2.75, 3.05) is 36.0 Å². The predicted molar refractivity (Wildman–Crippen MR) is 147 cm³/mol. The molecule has 0 aliphatic carbocycles. The fourth-order valence-corrected chi connectivity index (χ4v) is 5.06. The van der Waals surface area contributed by atoms with E-state index in [1.54, 1.807) is 18.5 Å². The van der Waals surface area contributed by atoms with Crippen LogP contribution in [-0.2, 0) is 0 Å². The molecule has 0 radical (unpaired) electrons. The summed E-state index contributed by atoms with van der Waals surface area (Å²) in [6.07, 6.45) is 3.82. The van der Waals surface area contributed by atoms with Crippen molar-refractivity contribution in [1.29, 1.82) is 0 Å². The number of non-ortho nitro benzene ring substituents is 1. The van der Waals surface area contributed by atoms with Crippen LogP contribution in [0.25, 0.3) is 27.8 Å². The predicted octanol–water partition coefficient (Wildman–Crippen LogP) is 5.63. The summed E-state index contributed by atoms with van der Waals surface area (Å²) < 4.78 is 2.16. The molecule has 1 aliphatic heterocycles. The zero-order valence-corrected chi connectivity index (χ0v) is 20.5. The van der Waals surface area contributed by atoms with Crippen LogP contribution in [0, 0.1) is 17.0 Å². The first-order valence-corrected chi connectivity index (χ1v) is 12.3. The molecule has 0 bridgehead atoms. The van der Waals surface area contributed by atoms with Crippen LogP contribution in [0.4, 0.5) is 17.2 Å². The van der Waals surface area contributed by atoms with Gasteiger partial charge in [-0.3, -0.25) is 10.1 Å². The van der Waals surface area contributed by atoms with E-state index < -0.39 is 0 Å². The maximum absolute atomic E-state index is 11.0. The molecule has 0 atom stereocenters. The number of fused-ring (bicyclic) bond motifs is 1. The Hall–Kier alpha value is -4.72. The second kappa shape index (κ2) is 9.39. The van der Waals surface area contributed by atoms with Gasteiger partial charge in [-0.15, -0.1) is 0 Å². The van der Waals surface area contributed by atoms with E-state index in [2.05, 4.69) is 76.0 Å². The molecule has 0 N–H and O–H groups in total. The van der Waals surface area contributed by atoms with Crippen molar-refractivity contribution in [3.8, 4) is 16.8 Å². The molecule has 1 saturated heterocycles. The Morgan fingerprint density at radius 2 is 1.54 bits per heavy atom. The molecule has 184 valence electrons. The summed E-state index contributed by atoms with van der Waals surface area (Å²) in [5.41, 5.74) is 6.47. The monoisotopic (exact) mass is 490 g/mol. The Morgan fingerprint density at radius 1 is 0.811 bits per heavy atom. The first-order valence-electron chi connectivity index (χ1n) is 12.3. The number of aryl methyl sites for hydroxylation is 1. The number of hydrogen-bond donors (Lipinski definition) is 0. The van der Waals surface area contributed by atoms with Gasteiger partial charge >= 0.3 is 0 Å². The molecule has 0 saturated carbocycles. The molecule has 3 aromatic carbocycles. The number of aromatic nitrogens is 3. The number of nitrogens with zero attached hydrogens (tertiary/aromatic N) is 6. The van der Waals surface area contributed by atoms with Gasteiger partial charge in [0.15, 0.2) is 5.65 Å². The van der Waals surface area contributed by atoms with Gasteiger partial charge in [0.1, 0.15) is 12.1 Å². The summed E-state index contributed by atoms with van der Waals surface area (Å²) >= 11 is 0. The van der Waals surface area contributed by atoms with Gasteiger partial charge in [0.05, 0.1) is 10.3 Å². The van der Waals surface area contributed by atoms with Crippen molar-refractivity contribution < 1.29 is 4.92 Å². The Morgan fingerprint density at radius 3 is 2.24 bits per heavy atom. The highest BCUT2D eigenvalue weighted by Crippen LogP contribution is 2.37. The zero-order valence-electron chi connectivity index (χ0n) is 20.5. The Balaban J connectivity index is 1.37. The van der Waals surface area contributed by atoms with Gasteiger partial charge in [0, 0.05) is 61.4 Å². The average molecular weight is 491 g/mol. The molecular weight excluding hydrogens is 464 g/mol. The largest absolute Gasteiger partial charge is 0.368 e. The lowest BCUT2D eigenvalue weighted by atomic mass is 10.1. The first-order chi connectivity index (χ1) is 18.1. The molecule has 37 heavy (non-hydrogen) atoms. The summed E-state index contributed by atoms with van der Waals surface area (Å²) in [5, 5.41) is 12.0. The fourth-order valence-electron chi connectivity index (χ4n) is 5.06. The highest BCUT2D eigenvalue weighted by atomic mass is 16.6. The third-order valence-electron chi connectivity index (χ3n) is 6.93. The minimum Gasteiger partial charge on any atom is -0.368 e. The van der Waals surface area contributed by atoms with E-state index in [9.17, 15) is 10.1 Å². The van der Waals surface area contributed by atoms with Crippen molar-refractivity contribution in [2.45, 2.75) is 6.92 Å². The van der Waals surface area contributed by atoms with E-state index in [-0.39, 0.29) is 10.6 Å². The highest BCUT2D eigenvalue weighted by Gasteiger charge is 2.24. The van der Waals surface area contributed by atoms with E-state index in [0.717, 1.165) is 65.5 Å². The molecule has 1 aliphatic rings. The van der Waals surface area contributed by atoms with Crippen LogP contribution < -0.4 is 9.80 Å². The third-order valence-corrected chi connectivity index (χ3v) is 6.93. The van der Waals surface area contributed by atoms with Gasteiger partial charge in [-0.05, 0) is 42.3 Å². The van der Waals surface area contributed by atoms with E-state index >= 15 is 0 Å². The molecule has 0 spiro atoms. The lowest BCUT2D eigenvalue weighted by molar-refractivity contribution is -0.384. The average Bonchev–Trinajstić information content (AvgIpc) is 3.34. The van der Waals surface area contributed by atoms with Gasteiger partial charge in [0.2, 0.25) is 0 Å². The SMILES string of the molecule is Cc1cccc(-n2cc(-c3ccccc3)c3c(N4CCN(c5ccc([N+](=O)[O-])cc5)CC4)ncnc32)c1. The standard InChI is InChI=1S/C29H26N6O2/c1-21-6-5-9-25(18-21)34-19-26(22-7-3-2-4-8-22)27-28(30-20-31-29(27)34)33-16-14-32(15-17-33)23-10-12-24(13-11-23)35(36)37/h2-13,18-20H,14-17H2,1H3. The maximum Gasteiger partial charge on any atom is 0.269 e. The third kappa shape index (κ3) is 4.27. The molecule has 8 nitrogen and oxygen atoms in total. The van der Waals surface area contributed by atoms with Crippen LogP contribution in [0.1, 0.15) is 5.56 Å². The molecule has 0 amide bonds. The van der Waals surface area contributed by atoms with Gasteiger partial charge in [-0.2, -0.15) is 0 Å². The van der Waals surface area contributed by atoms with Gasteiger partial charge in [0.25, 0.3) is 5.69 Å². The van der Waals surface area contributed by atoms with Crippen LogP contribution in [0.3, 0.4) is 0 Å². The molecule has 2 aromatic heterocycles. The molecule has 8 heteroatoms. The van der Waals surface area contributed by atoms with Crippen molar-refractivity contribution in [2.24, 2.45) is 0 Å². The second-order valence-electron chi connectivity index (χ2n) is 9.26. The van der Waals surface area contributed by atoms with E-state index in [1.165, 1.54) is 5.56 Å². The van der Waals surface area contributed by atoms with Gasteiger partial charge in [-0.25, -0.2) is 9.97 Å². The van der Waals surface area contributed by atoms with Crippen LogP contribution in [0.5, 0.6) is 0 Å². The molecule has 6 rings (SSSR count). The number of benzene rings is 3. The smallest absolute Gasteiger partial charge is 0.269 e. The van der Waals surface area contributed by atoms with Crippen LogP contribution >= 0.6 is 0 Å². The van der Waals surface area contributed by atoms with Crippen LogP contribution in [0.2, 0.25) is 0 Å². The lowest BCUT2D eigenvalue weighted by Crippen LogP contribution is -2.46. The molecule has 1 fully saturated rings.